The van der Waals surface area contributed by atoms with Gasteiger partial charge in [-0.1, -0.05) is 30.3 Å². The van der Waals surface area contributed by atoms with Gasteiger partial charge in [0.25, 0.3) is 0 Å². The third-order valence-electron chi connectivity index (χ3n) is 3.44. The molecule has 1 aliphatic heterocycles. The number of anilines is 1. The van der Waals surface area contributed by atoms with Crippen molar-refractivity contribution in [3.05, 3.63) is 46.6 Å². The predicted octanol–water partition coefficient (Wildman–Crippen LogP) is 2.47. The number of ether oxygens (including phenoxy) is 1. The Bertz CT molecular complexity index is 588. The average Bonchev–Trinajstić information content (AvgIpc) is 2.86. The molecule has 2 heterocycles. The minimum Gasteiger partial charge on any atom is -0.459 e. The van der Waals surface area contributed by atoms with Crippen molar-refractivity contribution in [3.8, 4) is 6.01 Å². The first-order valence-corrected chi connectivity index (χ1v) is 7.71. The first-order chi connectivity index (χ1) is 10.2. The highest BCUT2D eigenvalue weighted by atomic mass is 79.9. The fraction of sp³-hybridized carbons (Fsp3) is 0.333. The largest absolute Gasteiger partial charge is 0.459 e. The van der Waals surface area contributed by atoms with Crippen molar-refractivity contribution in [1.82, 2.24) is 14.9 Å². The van der Waals surface area contributed by atoms with Crippen LogP contribution in [0.15, 0.2) is 41.0 Å². The van der Waals surface area contributed by atoms with Crippen molar-refractivity contribution in [1.29, 1.82) is 0 Å². The molecule has 5 nitrogen and oxygen atoms in total. The number of rotatable bonds is 4. The van der Waals surface area contributed by atoms with Gasteiger partial charge in [-0.25, -0.2) is 0 Å². The molecule has 1 saturated heterocycles. The molecule has 0 amide bonds. The molecular weight excluding hydrogens is 332 g/mol. The van der Waals surface area contributed by atoms with Crippen LogP contribution in [0.3, 0.4) is 0 Å². The number of nitrogens with two attached hydrogens (primary N) is 1. The molecule has 2 aromatic rings. The summed E-state index contributed by atoms with van der Waals surface area (Å²) < 4.78 is 6.47. The molecule has 3 rings (SSSR count). The van der Waals surface area contributed by atoms with E-state index in [9.17, 15) is 0 Å². The second kappa shape index (κ2) is 6.41. The van der Waals surface area contributed by atoms with E-state index >= 15 is 0 Å². The van der Waals surface area contributed by atoms with Gasteiger partial charge in [0, 0.05) is 25.7 Å². The second-order valence-corrected chi connectivity index (χ2v) is 5.96. The summed E-state index contributed by atoms with van der Waals surface area (Å²) in [6.07, 6.45) is 1.09. The van der Waals surface area contributed by atoms with Crippen LogP contribution in [0, 0.1) is 0 Å². The number of halogens is 1. The van der Waals surface area contributed by atoms with Gasteiger partial charge in [0.05, 0.1) is 0 Å². The maximum Gasteiger partial charge on any atom is 0.319 e. The summed E-state index contributed by atoms with van der Waals surface area (Å²) >= 11 is 3.30. The maximum atomic E-state index is 5.83. The molecule has 1 unspecified atom stereocenters. The number of nitrogen functional groups attached to an aromatic ring is 1. The van der Waals surface area contributed by atoms with E-state index in [-0.39, 0.29) is 6.10 Å². The molecule has 6 heteroatoms. The maximum absolute atomic E-state index is 5.83. The lowest BCUT2D eigenvalue weighted by atomic mass is 10.2. The van der Waals surface area contributed by atoms with E-state index in [4.69, 9.17) is 10.5 Å². The fourth-order valence-electron chi connectivity index (χ4n) is 2.49. The van der Waals surface area contributed by atoms with E-state index in [2.05, 4.69) is 55.1 Å². The highest BCUT2D eigenvalue weighted by Gasteiger charge is 2.24. The Hall–Kier alpha value is -1.66. The van der Waals surface area contributed by atoms with Gasteiger partial charge >= 0.3 is 6.01 Å². The van der Waals surface area contributed by atoms with Crippen molar-refractivity contribution in [2.75, 3.05) is 18.8 Å². The standard InChI is InChI=1S/C15H17BrN4O/c16-13-8-14(17)19-15(18-13)21-12-6-7-20(10-12)9-11-4-2-1-3-5-11/h1-5,8,12H,6-7,9-10H2,(H2,17,18,19). The Morgan fingerprint density at radius 2 is 2.10 bits per heavy atom. The Balaban J connectivity index is 1.57. The molecule has 1 aliphatic rings. The first-order valence-electron chi connectivity index (χ1n) is 6.92. The number of likely N-dealkylation sites (tertiary alicyclic amines) is 1. The molecule has 0 radical (unpaired) electrons. The molecule has 0 saturated carbocycles. The lowest BCUT2D eigenvalue weighted by Crippen LogP contribution is -2.25. The van der Waals surface area contributed by atoms with Crippen LogP contribution in [-0.4, -0.2) is 34.1 Å². The molecule has 0 bridgehead atoms. The summed E-state index contributed by atoms with van der Waals surface area (Å²) in [6.45, 7) is 2.84. The van der Waals surface area contributed by atoms with Crippen LogP contribution in [0.1, 0.15) is 12.0 Å². The molecule has 1 aromatic carbocycles. The average molecular weight is 349 g/mol. The molecule has 1 fully saturated rings. The molecule has 0 aliphatic carbocycles. The number of hydrogen-bond donors (Lipinski definition) is 1. The SMILES string of the molecule is Nc1cc(Br)nc(OC2CCN(Cc3ccccc3)C2)n1. The van der Waals surface area contributed by atoms with Gasteiger partial charge in [-0.3, -0.25) is 4.90 Å². The van der Waals surface area contributed by atoms with E-state index < -0.39 is 0 Å². The third kappa shape index (κ3) is 3.92. The minimum absolute atomic E-state index is 0.113. The van der Waals surface area contributed by atoms with E-state index in [0.717, 1.165) is 26.1 Å². The van der Waals surface area contributed by atoms with Crippen LogP contribution in [0.2, 0.25) is 0 Å². The van der Waals surface area contributed by atoms with Gasteiger partial charge in [-0.05, 0) is 27.9 Å². The number of hydrogen-bond acceptors (Lipinski definition) is 5. The molecule has 0 spiro atoms. The van der Waals surface area contributed by atoms with E-state index in [1.807, 2.05) is 6.07 Å². The lowest BCUT2D eigenvalue weighted by Gasteiger charge is -2.16. The summed E-state index contributed by atoms with van der Waals surface area (Å²) in [5, 5.41) is 0. The smallest absolute Gasteiger partial charge is 0.319 e. The van der Waals surface area contributed by atoms with E-state index in [1.165, 1.54) is 5.56 Å². The summed E-state index contributed by atoms with van der Waals surface area (Å²) in [5.41, 5.74) is 7.01. The number of benzene rings is 1. The Labute approximate surface area is 132 Å². The normalized spacial score (nSPS) is 18.8. The third-order valence-corrected chi connectivity index (χ3v) is 3.85. The summed E-state index contributed by atoms with van der Waals surface area (Å²) in [7, 11) is 0. The van der Waals surface area contributed by atoms with Gasteiger partial charge in [-0.15, -0.1) is 0 Å². The number of nitrogens with zero attached hydrogens (tertiary/aromatic N) is 3. The van der Waals surface area contributed by atoms with Gasteiger partial charge in [-0.2, -0.15) is 9.97 Å². The van der Waals surface area contributed by atoms with E-state index in [0.29, 0.717) is 16.4 Å². The Morgan fingerprint density at radius 3 is 2.86 bits per heavy atom. The lowest BCUT2D eigenvalue weighted by molar-refractivity contribution is 0.183. The molecule has 1 atom stereocenters. The van der Waals surface area contributed by atoms with E-state index in [1.54, 1.807) is 6.07 Å². The summed E-state index contributed by atoms with van der Waals surface area (Å²) in [6, 6.07) is 12.5. The Morgan fingerprint density at radius 1 is 1.29 bits per heavy atom. The molecule has 1 aromatic heterocycles. The minimum atomic E-state index is 0.113. The van der Waals surface area contributed by atoms with Crippen LogP contribution in [0.4, 0.5) is 5.82 Å². The zero-order chi connectivity index (χ0) is 14.7. The summed E-state index contributed by atoms with van der Waals surface area (Å²) in [5.74, 6) is 0.408. The van der Waals surface area contributed by atoms with Crippen LogP contribution in [-0.2, 0) is 6.54 Å². The van der Waals surface area contributed by atoms with Gasteiger partial charge in [0.1, 0.15) is 16.5 Å². The van der Waals surface area contributed by atoms with Crippen molar-refractivity contribution < 1.29 is 4.74 Å². The predicted molar refractivity (Wildman–Crippen MR) is 84.9 cm³/mol. The van der Waals surface area contributed by atoms with Crippen LogP contribution in [0.25, 0.3) is 0 Å². The van der Waals surface area contributed by atoms with Crippen LogP contribution >= 0.6 is 15.9 Å². The van der Waals surface area contributed by atoms with Gasteiger partial charge in [0.2, 0.25) is 0 Å². The van der Waals surface area contributed by atoms with Crippen molar-refractivity contribution >= 4 is 21.7 Å². The highest BCUT2D eigenvalue weighted by Crippen LogP contribution is 2.20. The second-order valence-electron chi connectivity index (χ2n) is 5.15. The van der Waals surface area contributed by atoms with Crippen LogP contribution < -0.4 is 10.5 Å². The molecular formula is C15H17BrN4O. The Kier molecular flexibility index (Phi) is 4.36. The van der Waals surface area contributed by atoms with Crippen molar-refractivity contribution in [2.24, 2.45) is 0 Å². The zero-order valence-electron chi connectivity index (χ0n) is 11.6. The first kappa shape index (κ1) is 14.3. The quantitative estimate of drug-likeness (QED) is 0.860. The summed E-state index contributed by atoms with van der Waals surface area (Å²) in [4.78, 5) is 10.7. The topological polar surface area (TPSA) is 64.3 Å². The monoisotopic (exact) mass is 348 g/mol. The molecule has 110 valence electrons. The highest BCUT2D eigenvalue weighted by molar-refractivity contribution is 9.10. The van der Waals surface area contributed by atoms with Crippen LogP contribution in [0.5, 0.6) is 6.01 Å². The van der Waals surface area contributed by atoms with Crippen molar-refractivity contribution in [2.45, 2.75) is 19.1 Å². The van der Waals surface area contributed by atoms with Gasteiger partial charge < -0.3 is 10.5 Å². The van der Waals surface area contributed by atoms with Gasteiger partial charge in [0.15, 0.2) is 0 Å². The molecule has 21 heavy (non-hydrogen) atoms. The molecule has 2 N–H and O–H groups in total. The van der Waals surface area contributed by atoms with Crippen molar-refractivity contribution in [3.63, 3.8) is 0 Å². The number of aromatic nitrogens is 2. The fourth-order valence-corrected chi connectivity index (χ4v) is 2.88. The zero-order valence-corrected chi connectivity index (χ0v) is 13.2.